The van der Waals surface area contributed by atoms with Crippen molar-refractivity contribution in [2.24, 2.45) is 0 Å². The molecule has 0 aliphatic heterocycles. The van der Waals surface area contributed by atoms with Crippen molar-refractivity contribution in [1.82, 2.24) is 4.98 Å². The maximum Gasteiger partial charge on any atom is 0.305 e. The molecule has 1 heterocycles. The smallest absolute Gasteiger partial charge is 0.305 e. The summed E-state index contributed by atoms with van der Waals surface area (Å²) in [5.74, 6) is -1.98. The van der Waals surface area contributed by atoms with Crippen LogP contribution in [0, 0.1) is 15.9 Å². The monoisotopic (exact) mass is 243 g/mol. The van der Waals surface area contributed by atoms with E-state index in [-0.39, 0.29) is 18.8 Å². The summed E-state index contributed by atoms with van der Waals surface area (Å²) in [4.78, 5) is 24.8. The second kappa shape index (κ2) is 5.19. The number of carboxylic acid groups (broad SMARTS) is 1. The Hall–Kier alpha value is -2.25. The molecule has 0 aromatic carbocycles. The third kappa shape index (κ3) is 3.37. The van der Waals surface area contributed by atoms with Gasteiger partial charge in [-0.05, 0) is 0 Å². The molecule has 92 valence electrons. The molecule has 1 aromatic rings. The van der Waals surface area contributed by atoms with Crippen LogP contribution in [-0.4, -0.2) is 34.6 Å². The zero-order valence-electron chi connectivity index (χ0n) is 8.96. The quantitative estimate of drug-likeness (QED) is 0.613. The number of anilines is 1. The summed E-state index contributed by atoms with van der Waals surface area (Å²) in [6, 6.07) is 0.750. The molecule has 0 saturated heterocycles. The average molecular weight is 243 g/mol. The number of aliphatic carboxylic acids is 1. The van der Waals surface area contributed by atoms with Gasteiger partial charge >= 0.3 is 5.97 Å². The maximum absolute atomic E-state index is 13.4. The van der Waals surface area contributed by atoms with Crippen molar-refractivity contribution in [2.75, 3.05) is 18.5 Å². The number of carbonyl (C=O) groups is 1. The van der Waals surface area contributed by atoms with Gasteiger partial charge in [0, 0.05) is 13.6 Å². The zero-order chi connectivity index (χ0) is 13.0. The van der Waals surface area contributed by atoms with Gasteiger partial charge in [0.1, 0.15) is 6.20 Å². The van der Waals surface area contributed by atoms with E-state index in [0.29, 0.717) is 0 Å². The fourth-order valence-electron chi connectivity index (χ4n) is 1.17. The standard InChI is InChI=1S/C9H10FN3O4/c1-12(3-2-8(14)15)9-7(10)4-6(5-11-9)13(16)17/h4-5H,2-3H2,1H3,(H,14,15). The van der Waals surface area contributed by atoms with E-state index in [4.69, 9.17) is 5.11 Å². The lowest BCUT2D eigenvalue weighted by molar-refractivity contribution is -0.385. The van der Waals surface area contributed by atoms with Crippen molar-refractivity contribution in [1.29, 1.82) is 0 Å². The van der Waals surface area contributed by atoms with Crippen LogP contribution in [-0.2, 0) is 4.79 Å². The first-order valence-electron chi connectivity index (χ1n) is 4.64. The molecule has 0 spiro atoms. The highest BCUT2D eigenvalue weighted by atomic mass is 19.1. The molecule has 0 atom stereocenters. The highest BCUT2D eigenvalue weighted by Crippen LogP contribution is 2.19. The molecule has 0 radical (unpaired) electrons. The van der Waals surface area contributed by atoms with Crippen LogP contribution in [0.4, 0.5) is 15.9 Å². The van der Waals surface area contributed by atoms with Crippen molar-refractivity contribution in [3.8, 4) is 0 Å². The minimum atomic E-state index is -1.01. The van der Waals surface area contributed by atoms with Crippen molar-refractivity contribution < 1.29 is 19.2 Å². The number of nitrogens with zero attached hydrogens (tertiary/aromatic N) is 3. The lowest BCUT2D eigenvalue weighted by atomic mass is 10.3. The molecule has 0 fully saturated rings. The van der Waals surface area contributed by atoms with Crippen molar-refractivity contribution >= 4 is 17.5 Å². The predicted molar refractivity (Wildman–Crippen MR) is 56.4 cm³/mol. The van der Waals surface area contributed by atoms with Crippen LogP contribution in [0.25, 0.3) is 0 Å². The third-order valence-corrected chi connectivity index (χ3v) is 2.04. The Morgan fingerprint density at radius 3 is 2.82 bits per heavy atom. The zero-order valence-corrected chi connectivity index (χ0v) is 8.96. The van der Waals surface area contributed by atoms with E-state index in [9.17, 15) is 19.3 Å². The Morgan fingerprint density at radius 2 is 2.35 bits per heavy atom. The van der Waals surface area contributed by atoms with E-state index in [1.54, 1.807) is 0 Å². The lowest BCUT2D eigenvalue weighted by Gasteiger charge is -2.16. The van der Waals surface area contributed by atoms with Gasteiger partial charge in [0.05, 0.1) is 17.4 Å². The summed E-state index contributed by atoms with van der Waals surface area (Å²) < 4.78 is 13.4. The SMILES string of the molecule is CN(CCC(=O)O)c1ncc([N+](=O)[O-])cc1F. The fourth-order valence-corrected chi connectivity index (χ4v) is 1.17. The number of hydrogen-bond acceptors (Lipinski definition) is 5. The van der Waals surface area contributed by atoms with Crippen LogP contribution in [0.5, 0.6) is 0 Å². The van der Waals surface area contributed by atoms with Gasteiger partial charge < -0.3 is 10.0 Å². The molecular weight excluding hydrogens is 233 g/mol. The summed E-state index contributed by atoms with van der Waals surface area (Å²) in [6.07, 6.45) is 0.754. The summed E-state index contributed by atoms with van der Waals surface area (Å²) in [6.45, 7) is 0.0665. The van der Waals surface area contributed by atoms with Crippen molar-refractivity contribution in [3.63, 3.8) is 0 Å². The van der Waals surface area contributed by atoms with Crippen LogP contribution in [0.2, 0.25) is 0 Å². The Balaban J connectivity index is 2.84. The summed E-state index contributed by atoms with van der Waals surface area (Å²) in [5, 5.41) is 18.8. The number of aromatic nitrogens is 1. The van der Waals surface area contributed by atoms with Gasteiger partial charge in [-0.15, -0.1) is 0 Å². The van der Waals surface area contributed by atoms with Gasteiger partial charge in [-0.25, -0.2) is 9.37 Å². The molecule has 8 heteroatoms. The highest BCUT2D eigenvalue weighted by molar-refractivity contribution is 5.67. The summed E-state index contributed by atoms with van der Waals surface area (Å²) in [7, 11) is 1.46. The summed E-state index contributed by atoms with van der Waals surface area (Å²) >= 11 is 0. The normalized spacial score (nSPS) is 10.0. The lowest BCUT2D eigenvalue weighted by Crippen LogP contribution is -2.23. The number of carboxylic acids is 1. The molecule has 0 amide bonds. The topological polar surface area (TPSA) is 96.6 Å². The number of nitro groups is 1. The molecule has 1 N–H and O–H groups in total. The number of halogens is 1. The van der Waals surface area contributed by atoms with E-state index >= 15 is 0 Å². The highest BCUT2D eigenvalue weighted by Gasteiger charge is 2.15. The largest absolute Gasteiger partial charge is 0.481 e. The summed E-state index contributed by atoms with van der Waals surface area (Å²) in [5.41, 5.74) is -0.446. The van der Waals surface area contributed by atoms with Gasteiger partial charge in [0.25, 0.3) is 5.69 Å². The predicted octanol–water partition coefficient (Wildman–Crippen LogP) is 1.04. The van der Waals surface area contributed by atoms with Crippen LogP contribution in [0.15, 0.2) is 12.3 Å². The second-order valence-corrected chi connectivity index (χ2v) is 3.32. The molecule has 0 aliphatic rings. The van der Waals surface area contributed by atoms with Crippen LogP contribution < -0.4 is 4.90 Å². The Bertz CT molecular complexity index is 452. The molecule has 0 aliphatic carbocycles. The molecule has 1 aromatic heterocycles. The van der Waals surface area contributed by atoms with E-state index < -0.39 is 22.4 Å². The maximum atomic E-state index is 13.4. The number of rotatable bonds is 5. The first kappa shape index (κ1) is 12.8. The van der Waals surface area contributed by atoms with Crippen LogP contribution in [0.1, 0.15) is 6.42 Å². The Kier molecular flexibility index (Phi) is 3.91. The van der Waals surface area contributed by atoms with Gasteiger partial charge in [-0.2, -0.15) is 0 Å². The number of pyridine rings is 1. The van der Waals surface area contributed by atoms with E-state index in [1.807, 2.05) is 0 Å². The second-order valence-electron chi connectivity index (χ2n) is 3.32. The van der Waals surface area contributed by atoms with E-state index in [0.717, 1.165) is 12.3 Å². The van der Waals surface area contributed by atoms with Gasteiger partial charge in [-0.3, -0.25) is 14.9 Å². The average Bonchev–Trinajstić information content (AvgIpc) is 2.25. The molecular formula is C9H10FN3O4. The Labute approximate surface area is 95.6 Å². The van der Waals surface area contributed by atoms with Gasteiger partial charge in [-0.1, -0.05) is 0 Å². The van der Waals surface area contributed by atoms with E-state index in [1.165, 1.54) is 11.9 Å². The molecule has 7 nitrogen and oxygen atoms in total. The molecule has 0 bridgehead atoms. The van der Waals surface area contributed by atoms with Crippen LogP contribution >= 0.6 is 0 Å². The van der Waals surface area contributed by atoms with Gasteiger partial charge in [0.15, 0.2) is 11.6 Å². The molecule has 0 saturated carbocycles. The van der Waals surface area contributed by atoms with Crippen molar-refractivity contribution in [2.45, 2.75) is 6.42 Å². The van der Waals surface area contributed by atoms with Crippen molar-refractivity contribution in [3.05, 3.63) is 28.2 Å². The fraction of sp³-hybridized carbons (Fsp3) is 0.333. The minimum absolute atomic E-state index is 0.0665. The molecule has 17 heavy (non-hydrogen) atoms. The third-order valence-electron chi connectivity index (χ3n) is 2.04. The first-order valence-corrected chi connectivity index (χ1v) is 4.64. The molecule has 1 rings (SSSR count). The van der Waals surface area contributed by atoms with E-state index in [2.05, 4.69) is 4.98 Å². The first-order chi connectivity index (χ1) is 7.91. The molecule has 0 unspecified atom stereocenters. The van der Waals surface area contributed by atoms with Crippen LogP contribution in [0.3, 0.4) is 0 Å². The van der Waals surface area contributed by atoms with Gasteiger partial charge in [0.2, 0.25) is 0 Å². The number of hydrogen-bond donors (Lipinski definition) is 1. The minimum Gasteiger partial charge on any atom is -0.481 e. The Morgan fingerprint density at radius 1 is 1.71 bits per heavy atom.